The lowest BCUT2D eigenvalue weighted by molar-refractivity contribution is 0.0475. The van der Waals surface area contributed by atoms with E-state index in [9.17, 15) is 9.18 Å². The van der Waals surface area contributed by atoms with Gasteiger partial charge in [0.05, 0.1) is 12.8 Å². The Morgan fingerprint density at radius 1 is 1.50 bits per heavy atom. The summed E-state index contributed by atoms with van der Waals surface area (Å²) in [4.78, 5) is 15.1. The van der Waals surface area contributed by atoms with Gasteiger partial charge < -0.3 is 9.15 Å². The predicted octanol–water partition coefficient (Wildman–Crippen LogP) is 1.93. The van der Waals surface area contributed by atoms with Crippen LogP contribution in [0.15, 0.2) is 33.0 Å². The summed E-state index contributed by atoms with van der Waals surface area (Å²) in [5, 5.41) is 7.80. The molecule has 2 aromatic heterocycles. The molecule has 2 aromatic rings. The molecule has 0 aliphatic carbocycles. The van der Waals surface area contributed by atoms with E-state index >= 15 is 0 Å². The van der Waals surface area contributed by atoms with Gasteiger partial charge in [-0.1, -0.05) is 5.10 Å². The van der Waals surface area contributed by atoms with Gasteiger partial charge in [0.25, 0.3) is 5.22 Å². The highest BCUT2D eigenvalue weighted by Gasteiger charge is 2.16. The highest BCUT2D eigenvalue weighted by molar-refractivity contribution is 7.99. The minimum atomic E-state index is -0.677. The average molecular weight is 269 g/mol. The molecule has 0 aliphatic rings. The van der Waals surface area contributed by atoms with Crippen LogP contribution in [0.4, 0.5) is 4.39 Å². The number of hydrogen-bond donors (Lipinski definition) is 0. The van der Waals surface area contributed by atoms with Crippen LogP contribution in [0.25, 0.3) is 0 Å². The number of pyridine rings is 1. The molecule has 0 amide bonds. The van der Waals surface area contributed by atoms with Gasteiger partial charge in [-0.05, 0) is 30.8 Å². The highest BCUT2D eigenvalue weighted by Crippen LogP contribution is 2.24. The maximum atomic E-state index is 12.6. The summed E-state index contributed by atoms with van der Waals surface area (Å²) in [5.74, 6) is -1.33. The topological polar surface area (TPSA) is 78.1 Å². The number of ether oxygens (including phenoxy) is 1. The molecule has 0 N–H and O–H groups in total. The van der Waals surface area contributed by atoms with Crippen molar-refractivity contribution in [3.63, 3.8) is 0 Å². The zero-order chi connectivity index (χ0) is 13.0. The normalized spacial score (nSPS) is 10.3. The van der Waals surface area contributed by atoms with Crippen molar-refractivity contribution in [2.45, 2.75) is 17.2 Å². The van der Waals surface area contributed by atoms with Crippen molar-refractivity contribution in [3.05, 3.63) is 30.0 Å². The number of hydrogen-bond acceptors (Lipinski definition) is 7. The molecule has 94 valence electrons. The molecule has 0 saturated heterocycles. The lowest BCUT2D eigenvalue weighted by Gasteiger charge is -1.95. The van der Waals surface area contributed by atoms with Crippen LogP contribution in [-0.2, 0) is 4.74 Å². The first-order valence-corrected chi connectivity index (χ1v) is 5.80. The van der Waals surface area contributed by atoms with E-state index in [0.29, 0.717) is 5.03 Å². The lowest BCUT2D eigenvalue weighted by atomic mass is 10.5. The van der Waals surface area contributed by atoms with Crippen molar-refractivity contribution in [3.8, 4) is 0 Å². The monoisotopic (exact) mass is 269 g/mol. The summed E-state index contributed by atoms with van der Waals surface area (Å²) in [6.45, 7) is 1.90. The summed E-state index contributed by atoms with van der Waals surface area (Å²) in [7, 11) is 0. The Labute approximate surface area is 106 Å². The summed E-state index contributed by atoms with van der Waals surface area (Å²) in [6, 6.07) is 2.73. The Balaban J connectivity index is 2.06. The number of aromatic nitrogens is 3. The van der Waals surface area contributed by atoms with Gasteiger partial charge in [-0.25, -0.2) is 14.2 Å². The fraction of sp³-hybridized carbons (Fsp3) is 0.200. The average Bonchev–Trinajstić information content (AvgIpc) is 2.81. The van der Waals surface area contributed by atoms with Gasteiger partial charge in [0.1, 0.15) is 10.8 Å². The van der Waals surface area contributed by atoms with Crippen LogP contribution in [0, 0.1) is 5.82 Å². The number of carbonyl (C=O) groups is 1. The third kappa shape index (κ3) is 3.04. The van der Waals surface area contributed by atoms with Crippen LogP contribution in [0.3, 0.4) is 0 Å². The number of carbonyl (C=O) groups excluding carboxylic acids is 1. The molecule has 0 aliphatic heterocycles. The van der Waals surface area contributed by atoms with E-state index in [0.717, 1.165) is 18.0 Å². The van der Waals surface area contributed by atoms with Gasteiger partial charge in [0.15, 0.2) is 0 Å². The van der Waals surface area contributed by atoms with Crippen molar-refractivity contribution in [2.24, 2.45) is 0 Å². The third-order valence-corrected chi connectivity index (χ3v) is 2.54. The summed E-state index contributed by atoms with van der Waals surface area (Å²) >= 11 is 1.03. The standard InChI is InChI=1S/C10H8FN3O3S/c1-2-16-9(15)8-13-14-10(17-8)18-7-4-3-6(11)5-12-7/h3-5H,2H2,1H3. The van der Waals surface area contributed by atoms with E-state index in [-0.39, 0.29) is 17.7 Å². The number of halogens is 1. The van der Waals surface area contributed by atoms with Crippen LogP contribution in [0.5, 0.6) is 0 Å². The van der Waals surface area contributed by atoms with Crippen molar-refractivity contribution in [2.75, 3.05) is 6.61 Å². The molecular formula is C10H8FN3O3S. The number of nitrogens with zero attached hydrogens (tertiary/aromatic N) is 3. The van der Waals surface area contributed by atoms with E-state index in [4.69, 9.17) is 9.15 Å². The van der Waals surface area contributed by atoms with Gasteiger partial charge in [-0.15, -0.1) is 5.10 Å². The first kappa shape index (κ1) is 12.5. The van der Waals surface area contributed by atoms with E-state index in [1.807, 2.05) is 0 Å². The van der Waals surface area contributed by atoms with Crippen molar-refractivity contribution in [1.29, 1.82) is 0 Å². The molecule has 0 radical (unpaired) electrons. The predicted molar refractivity (Wildman–Crippen MR) is 58.6 cm³/mol. The smallest absolute Gasteiger partial charge is 0.396 e. The fourth-order valence-corrected chi connectivity index (χ4v) is 1.66. The third-order valence-electron chi connectivity index (χ3n) is 1.75. The maximum absolute atomic E-state index is 12.6. The molecule has 0 fully saturated rings. The highest BCUT2D eigenvalue weighted by atomic mass is 32.2. The van der Waals surface area contributed by atoms with Crippen molar-refractivity contribution in [1.82, 2.24) is 15.2 Å². The fourth-order valence-electron chi connectivity index (χ4n) is 1.04. The molecule has 0 atom stereocenters. The second kappa shape index (κ2) is 5.58. The summed E-state index contributed by atoms with van der Waals surface area (Å²) in [5.41, 5.74) is 0. The molecule has 18 heavy (non-hydrogen) atoms. The molecule has 8 heteroatoms. The SMILES string of the molecule is CCOC(=O)c1nnc(Sc2ccc(F)cn2)o1. The molecule has 0 saturated carbocycles. The van der Waals surface area contributed by atoms with Crippen molar-refractivity contribution < 1.29 is 18.3 Å². The van der Waals surface area contributed by atoms with Crippen LogP contribution < -0.4 is 0 Å². The molecule has 2 heterocycles. The van der Waals surface area contributed by atoms with Gasteiger partial charge in [0.2, 0.25) is 0 Å². The molecular weight excluding hydrogens is 261 g/mol. The van der Waals surface area contributed by atoms with Gasteiger partial charge in [-0.3, -0.25) is 0 Å². The molecule has 0 aromatic carbocycles. The van der Waals surface area contributed by atoms with Crippen LogP contribution >= 0.6 is 11.8 Å². The van der Waals surface area contributed by atoms with E-state index < -0.39 is 11.8 Å². The Bertz CT molecular complexity index is 544. The van der Waals surface area contributed by atoms with Crippen LogP contribution in [-0.4, -0.2) is 27.8 Å². The zero-order valence-corrected chi connectivity index (χ0v) is 10.1. The number of rotatable bonds is 4. The first-order chi connectivity index (χ1) is 8.69. The van der Waals surface area contributed by atoms with E-state index in [2.05, 4.69) is 15.2 Å². The van der Waals surface area contributed by atoms with Gasteiger partial charge in [-0.2, -0.15) is 0 Å². The quantitative estimate of drug-likeness (QED) is 0.784. The zero-order valence-electron chi connectivity index (χ0n) is 9.29. The summed E-state index contributed by atoms with van der Waals surface area (Å²) < 4.78 is 22.4. The summed E-state index contributed by atoms with van der Waals surface area (Å²) in [6.07, 6.45) is 1.07. The second-order valence-electron chi connectivity index (χ2n) is 3.01. The largest absolute Gasteiger partial charge is 0.459 e. The molecule has 0 unspecified atom stereocenters. The Morgan fingerprint density at radius 2 is 2.33 bits per heavy atom. The second-order valence-corrected chi connectivity index (χ2v) is 3.98. The minimum absolute atomic E-state index is 0.136. The molecule has 0 spiro atoms. The Morgan fingerprint density at radius 3 is 3.00 bits per heavy atom. The molecule has 2 rings (SSSR count). The van der Waals surface area contributed by atoms with Gasteiger partial charge in [0, 0.05) is 0 Å². The first-order valence-electron chi connectivity index (χ1n) is 4.99. The Kier molecular flexibility index (Phi) is 3.88. The van der Waals surface area contributed by atoms with E-state index in [1.165, 1.54) is 12.1 Å². The van der Waals surface area contributed by atoms with Crippen LogP contribution in [0.2, 0.25) is 0 Å². The number of esters is 1. The van der Waals surface area contributed by atoms with E-state index in [1.54, 1.807) is 6.92 Å². The van der Waals surface area contributed by atoms with Gasteiger partial charge >= 0.3 is 11.9 Å². The molecule has 6 nitrogen and oxygen atoms in total. The minimum Gasteiger partial charge on any atom is -0.459 e. The van der Waals surface area contributed by atoms with Crippen LogP contribution in [0.1, 0.15) is 17.6 Å². The molecule has 0 bridgehead atoms. The Hall–Kier alpha value is -1.96. The lowest BCUT2D eigenvalue weighted by Crippen LogP contribution is -2.04. The maximum Gasteiger partial charge on any atom is 0.396 e. The van der Waals surface area contributed by atoms with Crippen molar-refractivity contribution >= 4 is 17.7 Å².